The van der Waals surface area contributed by atoms with Crippen LogP contribution in [0.15, 0.2) is 35.2 Å². The number of thiol groups is 1. The summed E-state index contributed by atoms with van der Waals surface area (Å²) in [6.07, 6.45) is 0. The van der Waals surface area contributed by atoms with E-state index in [1.54, 1.807) is 0 Å². The normalized spacial score (nSPS) is 10.6. The predicted molar refractivity (Wildman–Crippen MR) is 78.1 cm³/mol. The van der Waals surface area contributed by atoms with Crippen LogP contribution in [0.4, 0.5) is 0 Å². The first kappa shape index (κ1) is 12.3. The van der Waals surface area contributed by atoms with Gasteiger partial charge in [-0.05, 0) is 61.1 Å². The summed E-state index contributed by atoms with van der Waals surface area (Å²) in [6.45, 7) is 8.54. The molecule has 2 aromatic carbocycles. The maximum atomic E-state index is 4.65. The number of rotatable bonds is 1. The molecule has 0 spiro atoms. The van der Waals surface area contributed by atoms with Gasteiger partial charge in [0.1, 0.15) is 0 Å². The van der Waals surface area contributed by atoms with Gasteiger partial charge in [-0.3, -0.25) is 0 Å². The molecule has 0 bridgehead atoms. The standard InChI is InChI=1S/C16H18S/c1-10-5-7-14(9-12(10)3)15-8-6-11(2)13(4)16(15)17/h5-9,17H,1-4H3. The fourth-order valence-corrected chi connectivity index (χ4v) is 2.32. The Kier molecular flexibility index (Phi) is 3.30. The van der Waals surface area contributed by atoms with Gasteiger partial charge in [0, 0.05) is 4.90 Å². The maximum Gasteiger partial charge on any atom is 0.0151 e. The second-order valence-corrected chi connectivity index (χ2v) is 5.15. The van der Waals surface area contributed by atoms with Crippen molar-refractivity contribution in [2.45, 2.75) is 32.6 Å². The summed E-state index contributed by atoms with van der Waals surface area (Å²) in [5, 5.41) is 0. The predicted octanol–water partition coefficient (Wildman–Crippen LogP) is 4.88. The number of hydrogen-bond acceptors (Lipinski definition) is 1. The first-order valence-electron chi connectivity index (χ1n) is 5.87. The van der Waals surface area contributed by atoms with Crippen molar-refractivity contribution in [1.82, 2.24) is 0 Å². The minimum absolute atomic E-state index is 1.09. The van der Waals surface area contributed by atoms with Crippen molar-refractivity contribution in [1.29, 1.82) is 0 Å². The van der Waals surface area contributed by atoms with E-state index in [1.165, 1.54) is 33.4 Å². The molecule has 17 heavy (non-hydrogen) atoms. The molecule has 0 nitrogen and oxygen atoms in total. The van der Waals surface area contributed by atoms with Crippen molar-refractivity contribution in [3.05, 3.63) is 52.6 Å². The summed E-state index contributed by atoms with van der Waals surface area (Å²) >= 11 is 4.65. The molecular weight excluding hydrogens is 224 g/mol. The number of aryl methyl sites for hydroxylation is 3. The molecule has 0 fully saturated rings. The molecule has 0 N–H and O–H groups in total. The Labute approximate surface area is 109 Å². The van der Waals surface area contributed by atoms with E-state index in [4.69, 9.17) is 0 Å². The second-order valence-electron chi connectivity index (χ2n) is 4.70. The molecule has 0 heterocycles. The lowest BCUT2D eigenvalue weighted by Crippen LogP contribution is -1.89. The molecule has 2 aromatic rings. The minimum atomic E-state index is 1.09. The van der Waals surface area contributed by atoms with Crippen molar-refractivity contribution in [2.75, 3.05) is 0 Å². The number of hydrogen-bond donors (Lipinski definition) is 1. The second kappa shape index (κ2) is 4.58. The van der Waals surface area contributed by atoms with Gasteiger partial charge in [0.15, 0.2) is 0 Å². The SMILES string of the molecule is Cc1ccc(-c2ccc(C)c(C)c2S)cc1C. The lowest BCUT2D eigenvalue weighted by atomic mass is 9.97. The zero-order valence-electron chi connectivity index (χ0n) is 10.8. The van der Waals surface area contributed by atoms with Gasteiger partial charge >= 0.3 is 0 Å². The Morgan fingerprint density at radius 1 is 0.765 bits per heavy atom. The van der Waals surface area contributed by atoms with Crippen LogP contribution in [0.25, 0.3) is 11.1 Å². The van der Waals surface area contributed by atoms with Crippen LogP contribution in [0, 0.1) is 27.7 Å². The van der Waals surface area contributed by atoms with Crippen LogP contribution in [-0.2, 0) is 0 Å². The topological polar surface area (TPSA) is 0 Å². The molecular formula is C16H18S. The van der Waals surface area contributed by atoms with Gasteiger partial charge in [0.05, 0.1) is 0 Å². The van der Waals surface area contributed by atoms with E-state index in [-0.39, 0.29) is 0 Å². The first-order valence-corrected chi connectivity index (χ1v) is 6.32. The third kappa shape index (κ3) is 2.25. The summed E-state index contributed by atoms with van der Waals surface area (Å²) in [7, 11) is 0. The highest BCUT2D eigenvalue weighted by Gasteiger charge is 2.07. The minimum Gasteiger partial charge on any atom is -0.143 e. The Morgan fingerprint density at radius 3 is 2.06 bits per heavy atom. The molecule has 0 saturated heterocycles. The zero-order valence-corrected chi connectivity index (χ0v) is 11.7. The van der Waals surface area contributed by atoms with E-state index in [2.05, 4.69) is 70.7 Å². The molecule has 0 radical (unpaired) electrons. The third-order valence-corrected chi connectivity index (χ3v) is 4.10. The van der Waals surface area contributed by atoms with Crippen LogP contribution >= 0.6 is 12.6 Å². The van der Waals surface area contributed by atoms with Gasteiger partial charge in [0.2, 0.25) is 0 Å². The van der Waals surface area contributed by atoms with Crippen LogP contribution in [0.1, 0.15) is 22.3 Å². The fraction of sp³-hybridized carbons (Fsp3) is 0.250. The largest absolute Gasteiger partial charge is 0.143 e. The van der Waals surface area contributed by atoms with Crippen molar-refractivity contribution < 1.29 is 0 Å². The molecule has 1 heteroatoms. The summed E-state index contributed by atoms with van der Waals surface area (Å²) in [5.74, 6) is 0. The van der Waals surface area contributed by atoms with E-state index >= 15 is 0 Å². The lowest BCUT2D eigenvalue weighted by molar-refractivity contribution is 1.23. The van der Waals surface area contributed by atoms with Crippen molar-refractivity contribution >= 4 is 12.6 Å². The molecule has 0 aliphatic carbocycles. The lowest BCUT2D eigenvalue weighted by Gasteiger charge is -2.12. The summed E-state index contributed by atoms with van der Waals surface area (Å²) in [4.78, 5) is 1.09. The van der Waals surface area contributed by atoms with Crippen molar-refractivity contribution in [3.63, 3.8) is 0 Å². The van der Waals surface area contributed by atoms with Gasteiger partial charge in [-0.1, -0.05) is 30.3 Å². The van der Waals surface area contributed by atoms with E-state index < -0.39 is 0 Å². The molecule has 2 rings (SSSR count). The molecule has 0 aromatic heterocycles. The monoisotopic (exact) mass is 242 g/mol. The highest BCUT2D eigenvalue weighted by atomic mass is 32.1. The summed E-state index contributed by atoms with van der Waals surface area (Å²) in [6, 6.07) is 10.9. The van der Waals surface area contributed by atoms with E-state index in [0.717, 1.165) is 4.90 Å². The molecule has 0 amide bonds. The van der Waals surface area contributed by atoms with Gasteiger partial charge < -0.3 is 0 Å². The van der Waals surface area contributed by atoms with Gasteiger partial charge in [0.25, 0.3) is 0 Å². The van der Waals surface area contributed by atoms with Gasteiger partial charge in [-0.15, -0.1) is 12.6 Å². The smallest absolute Gasteiger partial charge is 0.0151 e. The first-order chi connectivity index (χ1) is 8.00. The van der Waals surface area contributed by atoms with Crippen LogP contribution in [0.5, 0.6) is 0 Å². The van der Waals surface area contributed by atoms with Crippen LogP contribution in [0.3, 0.4) is 0 Å². The highest BCUT2D eigenvalue weighted by molar-refractivity contribution is 7.80. The molecule has 0 aliphatic heterocycles. The Balaban J connectivity index is 2.61. The number of benzene rings is 2. The quantitative estimate of drug-likeness (QED) is 0.677. The van der Waals surface area contributed by atoms with Crippen LogP contribution in [0.2, 0.25) is 0 Å². The average molecular weight is 242 g/mol. The van der Waals surface area contributed by atoms with Crippen molar-refractivity contribution in [3.8, 4) is 11.1 Å². The average Bonchev–Trinajstić information content (AvgIpc) is 2.30. The van der Waals surface area contributed by atoms with Gasteiger partial charge in [-0.25, -0.2) is 0 Å². The summed E-state index contributed by atoms with van der Waals surface area (Å²) in [5.41, 5.74) is 7.69. The highest BCUT2D eigenvalue weighted by Crippen LogP contribution is 2.31. The Bertz CT molecular complexity index is 568. The van der Waals surface area contributed by atoms with Crippen LogP contribution < -0.4 is 0 Å². The summed E-state index contributed by atoms with van der Waals surface area (Å²) < 4.78 is 0. The van der Waals surface area contributed by atoms with E-state index in [0.29, 0.717) is 0 Å². The molecule has 0 saturated carbocycles. The Morgan fingerprint density at radius 2 is 1.41 bits per heavy atom. The van der Waals surface area contributed by atoms with Crippen LogP contribution in [-0.4, -0.2) is 0 Å². The van der Waals surface area contributed by atoms with E-state index in [9.17, 15) is 0 Å². The maximum absolute atomic E-state index is 4.65. The van der Waals surface area contributed by atoms with Gasteiger partial charge in [-0.2, -0.15) is 0 Å². The Hall–Kier alpha value is -1.21. The van der Waals surface area contributed by atoms with E-state index in [1.807, 2.05) is 0 Å². The molecule has 88 valence electrons. The molecule has 0 unspecified atom stereocenters. The molecule has 0 aliphatic rings. The molecule has 0 atom stereocenters. The fourth-order valence-electron chi connectivity index (χ4n) is 1.94. The van der Waals surface area contributed by atoms with Crippen molar-refractivity contribution in [2.24, 2.45) is 0 Å². The third-order valence-electron chi connectivity index (χ3n) is 3.52. The zero-order chi connectivity index (χ0) is 12.6.